The smallest absolute Gasteiger partial charge is 0.303 e. The van der Waals surface area contributed by atoms with Crippen LogP contribution in [0.4, 0.5) is 0 Å². The van der Waals surface area contributed by atoms with Gasteiger partial charge in [0.15, 0.2) is 0 Å². The van der Waals surface area contributed by atoms with Crippen molar-refractivity contribution in [2.24, 2.45) is 5.92 Å². The van der Waals surface area contributed by atoms with Gasteiger partial charge in [-0.25, -0.2) is 8.42 Å². The minimum Gasteiger partial charge on any atom is -0.481 e. The van der Waals surface area contributed by atoms with E-state index in [2.05, 4.69) is 0 Å². The number of aryl methyl sites for hydroxylation is 1. The maximum atomic E-state index is 12.6. The number of benzene rings is 1. The molecule has 0 amide bonds. The van der Waals surface area contributed by atoms with Crippen molar-refractivity contribution in [1.82, 2.24) is 4.31 Å². The van der Waals surface area contributed by atoms with Gasteiger partial charge in [-0.2, -0.15) is 4.31 Å². The second-order valence-corrected chi connectivity index (χ2v) is 7.55. The topological polar surface area (TPSA) is 74.7 Å². The van der Waals surface area contributed by atoms with Crippen molar-refractivity contribution in [3.63, 3.8) is 0 Å². The highest BCUT2D eigenvalue weighted by Gasteiger charge is 2.30. The largest absolute Gasteiger partial charge is 0.481 e. The van der Waals surface area contributed by atoms with Gasteiger partial charge >= 0.3 is 5.97 Å². The molecule has 0 aromatic heterocycles. The van der Waals surface area contributed by atoms with Crippen LogP contribution in [0, 0.1) is 12.8 Å². The lowest BCUT2D eigenvalue weighted by molar-refractivity contribution is -0.137. The first-order chi connectivity index (χ1) is 9.89. The molecule has 0 saturated carbocycles. The van der Waals surface area contributed by atoms with Crippen LogP contribution in [0.1, 0.15) is 31.2 Å². The van der Waals surface area contributed by atoms with Crippen molar-refractivity contribution in [1.29, 1.82) is 0 Å². The number of hydrogen-bond donors (Lipinski definition) is 1. The van der Waals surface area contributed by atoms with Crippen molar-refractivity contribution >= 4 is 16.0 Å². The van der Waals surface area contributed by atoms with Crippen molar-refractivity contribution in [3.05, 3.63) is 29.8 Å². The molecule has 1 N–H and O–H groups in total. The third-order valence-electron chi connectivity index (χ3n) is 3.91. The number of hydrogen-bond acceptors (Lipinski definition) is 3. The Labute approximate surface area is 125 Å². The SMILES string of the molecule is Cc1ccc(S(=O)(=O)N2CCCC(CCC(=O)O)C2)cc1. The van der Waals surface area contributed by atoms with Gasteiger partial charge in [0.2, 0.25) is 10.0 Å². The highest BCUT2D eigenvalue weighted by molar-refractivity contribution is 7.89. The number of aliphatic carboxylic acids is 1. The van der Waals surface area contributed by atoms with Gasteiger partial charge in [-0.15, -0.1) is 0 Å². The molecule has 0 aliphatic carbocycles. The summed E-state index contributed by atoms with van der Waals surface area (Å²) in [6.07, 6.45) is 2.32. The summed E-state index contributed by atoms with van der Waals surface area (Å²) in [6.45, 7) is 2.85. The fourth-order valence-corrected chi connectivity index (χ4v) is 4.22. The fourth-order valence-electron chi connectivity index (χ4n) is 2.67. The van der Waals surface area contributed by atoms with Crippen molar-refractivity contribution in [2.75, 3.05) is 13.1 Å². The van der Waals surface area contributed by atoms with Gasteiger partial charge in [0.1, 0.15) is 0 Å². The zero-order valence-electron chi connectivity index (χ0n) is 12.2. The molecule has 2 rings (SSSR count). The molecule has 1 aromatic rings. The van der Waals surface area contributed by atoms with E-state index in [1.165, 1.54) is 4.31 Å². The van der Waals surface area contributed by atoms with Gasteiger partial charge < -0.3 is 5.11 Å². The van der Waals surface area contributed by atoms with E-state index in [0.717, 1.165) is 18.4 Å². The van der Waals surface area contributed by atoms with Crippen LogP contribution in [0.5, 0.6) is 0 Å². The molecular formula is C15H21NO4S. The van der Waals surface area contributed by atoms with Crippen molar-refractivity contribution < 1.29 is 18.3 Å². The third-order valence-corrected chi connectivity index (χ3v) is 5.79. The molecule has 21 heavy (non-hydrogen) atoms. The Hall–Kier alpha value is -1.40. The minimum atomic E-state index is -3.46. The Kier molecular flexibility index (Phi) is 5.00. The van der Waals surface area contributed by atoms with Crippen molar-refractivity contribution in [2.45, 2.75) is 37.5 Å². The Morgan fingerprint density at radius 1 is 1.33 bits per heavy atom. The lowest BCUT2D eigenvalue weighted by atomic mass is 9.95. The number of piperidine rings is 1. The van der Waals surface area contributed by atoms with Gasteiger partial charge in [-0.05, 0) is 44.2 Å². The Morgan fingerprint density at radius 2 is 2.00 bits per heavy atom. The first-order valence-electron chi connectivity index (χ1n) is 7.18. The van der Waals surface area contributed by atoms with Gasteiger partial charge in [-0.3, -0.25) is 4.79 Å². The molecular weight excluding hydrogens is 290 g/mol. The Balaban J connectivity index is 2.09. The molecule has 1 saturated heterocycles. The number of carboxylic acid groups (broad SMARTS) is 1. The predicted octanol–water partition coefficient (Wildman–Crippen LogP) is 2.26. The summed E-state index contributed by atoms with van der Waals surface area (Å²) >= 11 is 0. The highest BCUT2D eigenvalue weighted by Crippen LogP contribution is 2.26. The Morgan fingerprint density at radius 3 is 2.62 bits per heavy atom. The molecule has 1 aliphatic rings. The average molecular weight is 311 g/mol. The summed E-state index contributed by atoms with van der Waals surface area (Å²) in [5.74, 6) is -0.691. The van der Waals surface area contributed by atoms with Crippen LogP contribution in [-0.2, 0) is 14.8 Å². The quantitative estimate of drug-likeness (QED) is 0.905. The van der Waals surface area contributed by atoms with E-state index >= 15 is 0 Å². The second-order valence-electron chi connectivity index (χ2n) is 5.62. The first kappa shape index (κ1) is 16.0. The maximum Gasteiger partial charge on any atom is 0.303 e. The maximum absolute atomic E-state index is 12.6. The fraction of sp³-hybridized carbons (Fsp3) is 0.533. The minimum absolute atomic E-state index is 0.100. The van der Waals surface area contributed by atoms with E-state index < -0.39 is 16.0 Å². The standard InChI is InChI=1S/C15H21NO4S/c1-12-4-7-14(8-5-12)21(19,20)16-10-2-3-13(11-16)6-9-15(17)18/h4-5,7-8,13H,2-3,6,9-11H2,1H3,(H,17,18). The normalized spacial score (nSPS) is 20.3. The van der Waals surface area contributed by atoms with Gasteiger partial charge in [0, 0.05) is 19.5 Å². The van der Waals surface area contributed by atoms with E-state index in [0.29, 0.717) is 24.4 Å². The first-order valence-corrected chi connectivity index (χ1v) is 8.62. The lowest BCUT2D eigenvalue weighted by Crippen LogP contribution is -2.40. The van der Waals surface area contributed by atoms with Crippen LogP contribution in [0.15, 0.2) is 29.2 Å². The third kappa shape index (κ3) is 4.04. The van der Waals surface area contributed by atoms with Crippen molar-refractivity contribution in [3.8, 4) is 0 Å². The van der Waals surface area contributed by atoms with Crippen LogP contribution in [0.25, 0.3) is 0 Å². The van der Waals surface area contributed by atoms with Gasteiger partial charge in [-0.1, -0.05) is 17.7 Å². The van der Waals surface area contributed by atoms with Gasteiger partial charge in [0.05, 0.1) is 4.90 Å². The monoisotopic (exact) mass is 311 g/mol. The zero-order chi connectivity index (χ0) is 15.5. The van der Waals surface area contributed by atoms with Crippen LogP contribution in [-0.4, -0.2) is 36.9 Å². The summed E-state index contributed by atoms with van der Waals surface area (Å²) in [7, 11) is -3.46. The molecule has 0 bridgehead atoms. The number of rotatable bonds is 5. The predicted molar refractivity (Wildman–Crippen MR) is 79.5 cm³/mol. The average Bonchev–Trinajstić information content (AvgIpc) is 2.46. The molecule has 0 spiro atoms. The highest BCUT2D eigenvalue weighted by atomic mass is 32.2. The molecule has 116 valence electrons. The second kappa shape index (κ2) is 6.58. The van der Waals surface area contributed by atoms with E-state index in [-0.39, 0.29) is 12.3 Å². The summed E-state index contributed by atoms with van der Waals surface area (Å²) in [4.78, 5) is 11.0. The van der Waals surface area contributed by atoms with Gasteiger partial charge in [0.25, 0.3) is 0 Å². The zero-order valence-corrected chi connectivity index (χ0v) is 13.0. The molecule has 1 atom stereocenters. The Bertz CT molecular complexity index is 595. The summed E-state index contributed by atoms with van der Waals surface area (Å²) in [6, 6.07) is 6.84. The number of carboxylic acids is 1. The van der Waals surface area contributed by atoms with Crippen LogP contribution >= 0.6 is 0 Å². The molecule has 5 nitrogen and oxygen atoms in total. The molecule has 1 heterocycles. The van der Waals surface area contributed by atoms with E-state index in [4.69, 9.17) is 5.11 Å². The summed E-state index contributed by atoms with van der Waals surface area (Å²) in [5, 5.41) is 8.74. The van der Waals surface area contributed by atoms with Crippen LogP contribution < -0.4 is 0 Å². The molecule has 0 radical (unpaired) electrons. The van der Waals surface area contributed by atoms with Crippen LogP contribution in [0.3, 0.4) is 0 Å². The van der Waals surface area contributed by atoms with E-state index in [9.17, 15) is 13.2 Å². The number of sulfonamides is 1. The number of carbonyl (C=O) groups is 1. The molecule has 1 aliphatic heterocycles. The summed E-state index contributed by atoms with van der Waals surface area (Å²) < 4.78 is 26.7. The molecule has 1 unspecified atom stereocenters. The molecule has 1 fully saturated rings. The number of nitrogens with zero attached hydrogens (tertiary/aromatic N) is 1. The van der Waals surface area contributed by atoms with Crippen LogP contribution in [0.2, 0.25) is 0 Å². The summed E-state index contributed by atoms with van der Waals surface area (Å²) in [5.41, 5.74) is 1.02. The van der Waals surface area contributed by atoms with E-state index in [1.54, 1.807) is 24.3 Å². The lowest BCUT2D eigenvalue weighted by Gasteiger charge is -2.31. The molecule has 1 aromatic carbocycles. The molecule has 6 heteroatoms. The van der Waals surface area contributed by atoms with E-state index in [1.807, 2.05) is 6.92 Å².